The standard InChI is InChI=1S/C38H73NO6S/c1-3-5-7-9-11-13-15-17-19-21-23-25-27-29-36(40)44-31-34(32-46-33-35(39)38(42)43)45-37(41)30-28-26-24-22-20-18-16-14-12-10-8-6-4-2/h34-35H,3-33,39H2,1-2H3,(H,42,43)/t34-,35-/m0/s1. The number of carboxylic acid groups (broad SMARTS) is 1. The average Bonchev–Trinajstić information content (AvgIpc) is 3.04. The fourth-order valence-corrected chi connectivity index (χ4v) is 6.55. The summed E-state index contributed by atoms with van der Waals surface area (Å²) in [6, 6.07) is -0.981. The zero-order valence-corrected chi connectivity index (χ0v) is 30.9. The van der Waals surface area contributed by atoms with E-state index in [1.807, 2.05) is 0 Å². The van der Waals surface area contributed by atoms with Crippen molar-refractivity contribution in [3.05, 3.63) is 0 Å². The highest BCUT2D eigenvalue weighted by molar-refractivity contribution is 7.99. The minimum atomic E-state index is -1.06. The van der Waals surface area contributed by atoms with Crippen molar-refractivity contribution in [1.82, 2.24) is 0 Å². The SMILES string of the molecule is CCCCCCCCCCCCCCCC(=O)OC[C@@H](CSC[C@H](N)C(=O)O)OC(=O)CCCCCCCCCCCCCCC. The highest BCUT2D eigenvalue weighted by Crippen LogP contribution is 2.16. The van der Waals surface area contributed by atoms with E-state index in [0.717, 1.165) is 38.5 Å². The Balaban J connectivity index is 4.06. The van der Waals surface area contributed by atoms with Crippen molar-refractivity contribution < 1.29 is 29.0 Å². The van der Waals surface area contributed by atoms with Crippen molar-refractivity contribution in [1.29, 1.82) is 0 Å². The van der Waals surface area contributed by atoms with Gasteiger partial charge < -0.3 is 20.3 Å². The molecule has 3 N–H and O–H groups in total. The lowest BCUT2D eigenvalue weighted by atomic mass is 10.0. The highest BCUT2D eigenvalue weighted by atomic mass is 32.2. The van der Waals surface area contributed by atoms with Crippen LogP contribution in [-0.2, 0) is 23.9 Å². The topological polar surface area (TPSA) is 116 Å². The molecule has 0 aliphatic heterocycles. The van der Waals surface area contributed by atoms with Gasteiger partial charge in [0.2, 0.25) is 0 Å². The molecule has 0 aromatic carbocycles. The molecule has 0 radical (unpaired) electrons. The number of unbranched alkanes of at least 4 members (excludes halogenated alkanes) is 24. The number of carbonyl (C=O) groups is 3. The van der Waals surface area contributed by atoms with Gasteiger partial charge in [-0.05, 0) is 12.8 Å². The van der Waals surface area contributed by atoms with Crippen molar-refractivity contribution in [3.63, 3.8) is 0 Å². The molecule has 2 atom stereocenters. The number of thioether (sulfide) groups is 1. The number of ether oxygens (including phenoxy) is 2. The van der Waals surface area contributed by atoms with Gasteiger partial charge in [-0.1, -0.05) is 168 Å². The molecule has 0 unspecified atom stereocenters. The maximum absolute atomic E-state index is 12.5. The summed E-state index contributed by atoms with van der Waals surface area (Å²) >= 11 is 1.30. The second-order valence-corrected chi connectivity index (χ2v) is 14.3. The number of esters is 2. The molecule has 7 nitrogen and oxygen atoms in total. The van der Waals surface area contributed by atoms with Gasteiger partial charge in [-0.25, -0.2) is 0 Å². The fourth-order valence-electron chi connectivity index (χ4n) is 5.59. The van der Waals surface area contributed by atoms with Crippen LogP contribution in [-0.4, -0.2) is 53.3 Å². The van der Waals surface area contributed by atoms with E-state index in [1.54, 1.807) is 0 Å². The Morgan fingerprint density at radius 1 is 0.543 bits per heavy atom. The van der Waals surface area contributed by atoms with Crippen molar-refractivity contribution in [3.8, 4) is 0 Å². The monoisotopic (exact) mass is 672 g/mol. The summed E-state index contributed by atoms with van der Waals surface area (Å²) in [4.78, 5) is 35.9. The third kappa shape index (κ3) is 32.7. The summed E-state index contributed by atoms with van der Waals surface area (Å²) in [5.41, 5.74) is 5.61. The van der Waals surface area contributed by atoms with Crippen LogP contribution in [0.5, 0.6) is 0 Å². The third-order valence-electron chi connectivity index (χ3n) is 8.62. The van der Waals surface area contributed by atoms with Crippen LogP contribution in [0.1, 0.15) is 194 Å². The van der Waals surface area contributed by atoms with Crippen LogP contribution in [0.15, 0.2) is 0 Å². The molecule has 0 aliphatic carbocycles. The minimum absolute atomic E-state index is 0.00304. The highest BCUT2D eigenvalue weighted by Gasteiger charge is 2.19. The molecule has 0 saturated carbocycles. The second kappa shape index (κ2) is 35.0. The molecule has 0 saturated heterocycles. The van der Waals surface area contributed by atoms with Gasteiger partial charge >= 0.3 is 17.9 Å². The number of carbonyl (C=O) groups excluding carboxylic acids is 2. The van der Waals surface area contributed by atoms with Crippen molar-refractivity contribution in [2.45, 2.75) is 206 Å². The predicted molar refractivity (Wildman–Crippen MR) is 194 cm³/mol. The predicted octanol–water partition coefficient (Wildman–Crippen LogP) is 10.5. The molecular formula is C38H73NO6S. The molecule has 0 aromatic rings. The first-order valence-electron chi connectivity index (χ1n) is 19.3. The molecule has 0 aromatic heterocycles. The van der Waals surface area contributed by atoms with Crippen LogP contribution in [0.2, 0.25) is 0 Å². The lowest BCUT2D eigenvalue weighted by molar-refractivity contribution is -0.157. The second-order valence-electron chi connectivity index (χ2n) is 13.3. The average molecular weight is 672 g/mol. The normalized spacial score (nSPS) is 12.6. The Morgan fingerprint density at radius 3 is 1.26 bits per heavy atom. The first-order chi connectivity index (χ1) is 22.4. The summed E-state index contributed by atoms with van der Waals surface area (Å²) < 4.78 is 11.1. The fraction of sp³-hybridized carbons (Fsp3) is 0.921. The maximum Gasteiger partial charge on any atom is 0.321 e. The smallest absolute Gasteiger partial charge is 0.321 e. The zero-order valence-electron chi connectivity index (χ0n) is 30.0. The van der Waals surface area contributed by atoms with Gasteiger partial charge in [-0.2, -0.15) is 11.8 Å². The molecule has 272 valence electrons. The third-order valence-corrected chi connectivity index (χ3v) is 9.82. The molecule has 0 spiro atoms. The largest absolute Gasteiger partial charge is 0.480 e. The maximum atomic E-state index is 12.5. The van der Waals surface area contributed by atoms with E-state index in [4.69, 9.17) is 20.3 Å². The van der Waals surface area contributed by atoms with E-state index in [1.165, 1.54) is 140 Å². The van der Waals surface area contributed by atoms with Gasteiger partial charge in [-0.15, -0.1) is 0 Å². The summed E-state index contributed by atoms with van der Waals surface area (Å²) in [7, 11) is 0. The number of rotatable bonds is 36. The quantitative estimate of drug-likeness (QED) is 0.0499. The van der Waals surface area contributed by atoms with Crippen LogP contribution in [0.25, 0.3) is 0 Å². The van der Waals surface area contributed by atoms with Crippen LogP contribution < -0.4 is 5.73 Å². The van der Waals surface area contributed by atoms with Crippen molar-refractivity contribution >= 4 is 29.7 Å². The molecule has 46 heavy (non-hydrogen) atoms. The van der Waals surface area contributed by atoms with Crippen LogP contribution >= 0.6 is 11.8 Å². The molecule has 8 heteroatoms. The summed E-state index contributed by atoms with van der Waals surface area (Å²) in [6.07, 6.45) is 32.6. The molecule has 0 heterocycles. The minimum Gasteiger partial charge on any atom is -0.480 e. The molecule has 0 aliphatic rings. The van der Waals surface area contributed by atoms with Gasteiger partial charge in [-0.3, -0.25) is 14.4 Å². The summed E-state index contributed by atoms with van der Waals surface area (Å²) in [5.74, 6) is -1.07. The van der Waals surface area contributed by atoms with Crippen LogP contribution in [0.3, 0.4) is 0 Å². The Morgan fingerprint density at radius 2 is 0.891 bits per heavy atom. The van der Waals surface area contributed by atoms with Gasteiger partial charge in [0, 0.05) is 24.3 Å². The first-order valence-corrected chi connectivity index (χ1v) is 20.5. The molecule has 0 rings (SSSR count). The molecule has 0 bridgehead atoms. The van der Waals surface area contributed by atoms with E-state index in [-0.39, 0.29) is 24.3 Å². The van der Waals surface area contributed by atoms with Crippen molar-refractivity contribution in [2.24, 2.45) is 5.73 Å². The van der Waals surface area contributed by atoms with Crippen molar-refractivity contribution in [2.75, 3.05) is 18.1 Å². The Hall–Kier alpha value is -1.28. The molecule has 0 fully saturated rings. The number of hydrogen-bond acceptors (Lipinski definition) is 7. The van der Waals surface area contributed by atoms with Crippen LogP contribution in [0, 0.1) is 0 Å². The van der Waals surface area contributed by atoms with E-state index in [2.05, 4.69) is 13.8 Å². The molecule has 0 amide bonds. The van der Waals surface area contributed by atoms with Gasteiger partial charge in [0.1, 0.15) is 18.8 Å². The number of hydrogen-bond donors (Lipinski definition) is 2. The first kappa shape index (κ1) is 44.7. The Kier molecular flexibility index (Phi) is 34.1. The van der Waals surface area contributed by atoms with E-state index in [9.17, 15) is 14.4 Å². The van der Waals surface area contributed by atoms with Crippen LogP contribution in [0.4, 0.5) is 0 Å². The van der Waals surface area contributed by atoms with E-state index < -0.39 is 18.1 Å². The number of aliphatic carboxylic acids is 1. The number of carboxylic acids is 1. The zero-order chi connectivity index (χ0) is 33.9. The van der Waals surface area contributed by atoms with Gasteiger partial charge in [0.15, 0.2) is 0 Å². The van der Waals surface area contributed by atoms with Gasteiger partial charge in [0.25, 0.3) is 0 Å². The summed E-state index contributed by atoms with van der Waals surface area (Å²) in [6.45, 7) is 4.51. The van der Waals surface area contributed by atoms with Gasteiger partial charge in [0.05, 0.1) is 0 Å². The van der Waals surface area contributed by atoms with E-state index >= 15 is 0 Å². The Bertz CT molecular complexity index is 707. The lowest BCUT2D eigenvalue weighted by Crippen LogP contribution is -2.34. The summed E-state index contributed by atoms with van der Waals surface area (Å²) in [5, 5.41) is 9.04. The number of nitrogens with two attached hydrogens (primary N) is 1. The molecular weight excluding hydrogens is 598 g/mol. The van der Waals surface area contributed by atoms with E-state index in [0.29, 0.717) is 18.6 Å². The Labute approximate surface area is 287 Å². The lowest BCUT2D eigenvalue weighted by Gasteiger charge is -2.18.